The number of allylic oxidation sites excluding steroid dienone is 2. The van der Waals surface area contributed by atoms with E-state index >= 15 is 0 Å². The predicted octanol–water partition coefficient (Wildman–Crippen LogP) is 3.18. The van der Waals surface area contributed by atoms with Crippen molar-refractivity contribution in [3.8, 4) is 17.6 Å². The van der Waals surface area contributed by atoms with Gasteiger partial charge >= 0.3 is 11.9 Å². The van der Waals surface area contributed by atoms with E-state index in [9.17, 15) is 30.1 Å². The molecule has 1 aliphatic rings. The molecule has 3 N–H and O–H groups in total. The van der Waals surface area contributed by atoms with Gasteiger partial charge in [-0.25, -0.2) is 9.59 Å². The van der Waals surface area contributed by atoms with Crippen molar-refractivity contribution >= 4 is 17.6 Å². The Hall–Kier alpha value is -4.93. The lowest BCUT2D eigenvalue weighted by molar-refractivity contribution is -0.384. The zero-order chi connectivity index (χ0) is 32.2. The van der Waals surface area contributed by atoms with Gasteiger partial charge in [0.25, 0.3) is 5.69 Å². The first-order valence-corrected chi connectivity index (χ1v) is 13.9. The highest BCUT2D eigenvalue weighted by Gasteiger charge is 2.41. The number of benzene rings is 2. The summed E-state index contributed by atoms with van der Waals surface area (Å²) in [4.78, 5) is 36.9. The number of nitriles is 1. The lowest BCUT2D eigenvalue weighted by Crippen LogP contribution is -2.32. The second-order valence-corrected chi connectivity index (χ2v) is 9.95. The van der Waals surface area contributed by atoms with Crippen molar-refractivity contribution in [3.63, 3.8) is 0 Å². The summed E-state index contributed by atoms with van der Waals surface area (Å²) in [5.41, 5.74) is 0.655. The third-order valence-corrected chi connectivity index (χ3v) is 6.91. The Kier molecular flexibility index (Phi) is 12.3. The molecule has 3 rings (SSSR count). The molecule has 2 unspecified atom stereocenters. The van der Waals surface area contributed by atoms with E-state index in [0.717, 1.165) is 25.5 Å². The number of esters is 2. The molecule has 2 atom stereocenters. The molecule has 44 heavy (non-hydrogen) atoms. The molecule has 0 aliphatic carbocycles. The molecule has 0 saturated heterocycles. The van der Waals surface area contributed by atoms with Crippen LogP contribution in [-0.2, 0) is 19.1 Å². The Morgan fingerprint density at radius 1 is 1.07 bits per heavy atom. The van der Waals surface area contributed by atoms with Gasteiger partial charge in [-0.2, -0.15) is 5.26 Å². The van der Waals surface area contributed by atoms with Gasteiger partial charge in [0.05, 0.1) is 42.8 Å². The van der Waals surface area contributed by atoms with Gasteiger partial charge in [0, 0.05) is 29.9 Å². The van der Waals surface area contributed by atoms with Gasteiger partial charge < -0.3 is 34.7 Å². The molecule has 0 fully saturated rings. The van der Waals surface area contributed by atoms with Gasteiger partial charge in [0.1, 0.15) is 36.0 Å². The smallest absolute Gasteiger partial charge is 0.337 e. The van der Waals surface area contributed by atoms with E-state index in [0.29, 0.717) is 25.9 Å². The molecule has 0 saturated carbocycles. The number of carbonyl (C=O) groups excluding carboxylic acids is 2. The highest BCUT2D eigenvalue weighted by atomic mass is 16.6. The minimum Gasteiger partial charge on any atom is -0.493 e. The van der Waals surface area contributed by atoms with Crippen LogP contribution in [0.3, 0.4) is 0 Å². The van der Waals surface area contributed by atoms with E-state index in [1.807, 2.05) is 37.3 Å². The van der Waals surface area contributed by atoms with Crippen molar-refractivity contribution < 1.29 is 38.6 Å². The topological polar surface area (TPSA) is 182 Å². The van der Waals surface area contributed by atoms with Crippen LogP contribution in [0.2, 0.25) is 0 Å². The molecule has 0 spiro atoms. The van der Waals surface area contributed by atoms with Gasteiger partial charge in [-0.3, -0.25) is 10.1 Å². The SMILES string of the molecule is COC(=O)C1=C(C)NC(C#N)=C(C(=O)OC)C1c1cc([N+](=O)[O-])ccc1OCCCCNCC(O)COc1ccccc1C. The predicted molar refractivity (Wildman–Crippen MR) is 159 cm³/mol. The largest absolute Gasteiger partial charge is 0.493 e. The maximum absolute atomic E-state index is 12.9. The average molecular weight is 609 g/mol. The molecule has 0 bridgehead atoms. The molecule has 13 heteroatoms. The Bertz CT molecular complexity index is 1480. The number of nitrogens with one attached hydrogen (secondary N) is 2. The number of unbranched alkanes of at least 4 members (excludes halogenated alkanes) is 1. The maximum Gasteiger partial charge on any atom is 0.337 e. The Labute approximate surface area is 255 Å². The van der Waals surface area contributed by atoms with Crippen LogP contribution >= 0.6 is 0 Å². The normalized spacial score (nSPS) is 15.1. The summed E-state index contributed by atoms with van der Waals surface area (Å²) in [6.07, 6.45) is 0.557. The first-order chi connectivity index (χ1) is 21.1. The highest BCUT2D eigenvalue weighted by molar-refractivity contribution is 6.00. The van der Waals surface area contributed by atoms with E-state index in [4.69, 9.17) is 18.9 Å². The number of aliphatic hydroxyl groups is 1. The number of aryl methyl sites for hydroxylation is 1. The van der Waals surface area contributed by atoms with Gasteiger partial charge in [-0.15, -0.1) is 0 Å². The van der Waals surface area contributed by atoms with E-state index in [2.05, 4.69) is 10.6 Å². The fourth-order valence-electron chi connectivity index (χ4n) is 4.71. The molecule has 0 radical (unpaired) electrons. The monoisotopic (exact) mass is 608 g/mol. The molecule has 13 nitrogen and oxygen atoms in total. The zero-order valence-electron chi connectivity index (χ0n) is 25.0. The number of dihydropyridines is 1. The fraction of sp³-hybridized carbons (Fsp3) is 0.387. The van der Waals surface area contributed by atoms with E-state index in [1.54, 1.807) is 0 Å². The second-order valence-electron chi connectivity index (χ2n) is 9.95. The molecule has 2 aromatic carbocycles. The summed E-state index contributed by atoms with van der Waals surface area (Å²) in [7, 11) is 2.29. The van der Waals surface area contributed by atoms with Gasteiger partial charge in [0.2, 0.25) is 0 Å². The molecule has 0 amide bonds. The number of para-hydroxylation sites is 1. The summed E-state index contributed by atoms with van der Waals surface area (Å²) < 4.78 is 21.5. The average Bonchev–Trinajstić information content (AvgIpc) is 3.02. The summed E-state index contributed by atoms with van der Waals surface area (Å²) in [5, 5.41) is 37.6. The first-order valence-electron chi connectivity index (χ1n) is 13.9. The number of rotatable bonds is 15. The Morgan fingerprint density at radius 3 is 2.43 bits per heavy atom. The number of nitro groups is 1. The minimum atomic E-state index is -1.24. The quantitative estimate of drug-likeness (QED) is 0.116. The van der Waals surface area contributed by atoms with Crippen molar-refractivity contribution in [3.05, 3.63) is 86.2 Å². The van der Waals surface area contributed by atoms with Crippen molar-refractivity contribution in [1.29, 1.82) is 5.26 Å². The van der Waals surface area contributed by atoms with Crippen molar-refractivity contribution in [1.82, 2.24) is 10.6 Å². The summed E-state index contributed by atoms with van der Waals surface area (Å²) in [6.45, 7) is 4.73. The van der Waals surface area contributed by atoms with E-state index in [1.165, 1.54) is 25.1 Å². The molecule has 1 aliphatic heterocycles. The third kappa shape index (κ3) is 8.33. The van der Waals surface area contributed by atoms with Gasteiger partial charge in [-0.1, -0.05) is 18.2 Å². The lowest BCUT2D eigenvalue weighted by atomic mass is 9.79. The summed E-state index contributed by atoms with van der Waals surface area (Å²) in [5.74, 6) is -2.03. The molecule has 0 aromatic heterocycles. The van der Waals surface area contributed by atoms with Crippen LogP contribution in [0.15, 0.2) is 65.0 Å². The van der Waals surface area contributed by atoms with Crippen LogP contribution in [0.4, 0.5) is 5.69 Å². The molecule has 2 aromatic rings. The van der Waals surface area contributed by atoms with Crippen molar-refractivity contribution in [2.45, 2.75) is 38.7 Å². The molecular weight excluding hydrogens is 572 g/mol. The van der Waals surface area contributed by atoms with Gasteiger partial charge in [-0.05, 0) is 50.9 Å². The van der Waals surface area contributed by atoms with Crippen LogP contribution in [0.5, 0.6) is 11.5 Å². The van der Waals surface area contributed by atoms with Crippen LogP contribution in [0.1, 0.15) is 36.8 Å². The number of hydrogen-bond acceptors (Lipinski definition) is 12. The third-order valence-electron chi connectivity index (χ3n) is 6.91. The zero-order valence-corrected chi connectivity index (χ0v) is 25.0. The number of ether oxygens (including phenoxy) is 4. The van der Waals surface area contributed by atoms with Crippen LogP contribution in [0, 0.1) is 28.4 Å². The number of hydrogen-bond donors (Lipinski definition) is 3. The van der Waals surface area contributed by atoms with Crippen LogP contribution in [-0.4, -0.2) is 68.6 Å². The summed E-state index contributed by atoms with van der Waals surface area (Å²) in [6, 6.07) is 13.3. The standard InChI is InChI=1S/C31H36N4O9/c1-19-9-5-6-10-25(19)44-18-22(36)17-33-13-7-8-14-43-26-12-11-21(35(39)40)15-23(26)28-27(30(37)41-3)20(2)34-24(16-32)29(28)31(38)42-4/h5-6,9-12,15,22,28,33-34,36H,7-8,13-14,17-18H2,1-4H3. The first kappa shape index (κ1) is 33.6. The summed E-state index contributed by atoms with van der Waals surface area (Å²) >= 11 is 0. The fourth-order valence-corrected chi connectivity index (χ4v) is 4.71. The lowest BCUT2D eigenvalue weighted by Gasteiger charge is -2.29. The second kappa shape index (κ2) is 16.1. The number of methoxy groups -OCH3 is 2. The van der Waals surface area contributed by atoms with Crippen molar-refractivity contribution in [2.75, 3.05) is 40.5 Å². The molecule has 1 heterocycles. The molecular formula is C31H36N4O9. The van der Waals surface area contributed by atoms with Crippen LogP contribution < -0.4 is 20.1 Å². The van der Waals surface area contributed by atoms with E-state index in [-0.39, 0.29) is 52.8 Å². The Balaban J connectivity index is 1.71. The van der Waals surface area contributed by atoms with Crippen molar-refractivity contribution in [2.24, 2.45) is 0 Å². The van der Waals surface area contributed by atoms with Crippen LogP contribution in [0.25, 0.3) is 0 Å². The number of aliphatic hydroxyl groups excluding tert-OH is 1. The van der Waals surface area contributed by atoms with E-state index < -0.39 is 28.9 Å². The number of nitrogens with zero attached hydrogens (tertiary/aromatic N) is 2. The number of non-ortho nitro benzene ring substituents is 1. The Morgan fingerprint density at radius 2 is 1.77 bits per heavy atom. The minimum absolute atomic E-state index is 0.0218. The maximum atomic E-state index is 12.9. The highest BCUT2D eigenvalue weighted by Crippen LogP contribution is 2.44. The molecule has 234 valence electrons. The number of nitro benzene ring substituents is 1. The van der Waals surface area contributed by atoms with Gasteiger partial charge in [0.15, 0.2) is 0 Å². The number of carbonyl (C=O) groups is 2.